The lowest BCUT2D eigenvalue weighted by molar-refractivity contribution is 0.0700. The van der Waals surface area contributed by atoms with Gasteiger partial charge in [0.2, 0.25) is 0 Å². The first-order valence-corrected chi connectivity index (χ1v) is 8.46. The minimum absolute atomic E-state index is 0.0392. The number of hydrogen-bond donors (Lipinski definition) is 1. The molecule has 2 aromatic heterocycles. The topological polar surface area (TPSA) is 61.9 Å². The second-order valence-corrected chi connectivity index (χ2v) is 6.54. The summed E-state index contributed by atoms with van der Waals surface area (Å²) < 4.78 is 13.5. The molecule has 1 aliphatic heterocycles. The Labute approximate surface area is 144 Å². The highest BCUT2D eigenvalue weighted by Gasteiger charge is 2.28. The van der Waals surface area contributed by atoms with Crippen molar-refractivity contribution in [2.24, 2.45) is 0 Å². The molecule has 0 spiro atoms. The SMILES string of the molecule is Cc1c(C(=O)N2CCC[C@H](c3cnccn3)C2)[nH]c2ccc(F)cc12. The minimum Gasteiger partial charge on any atom is -0.350 e. The molecule has 4 rings (SSSR count). The number of fused-ring (bicyclic) bond motifs is 1. The number of aryl methyl sites for hydroxylation is 1. The number of aromatic amines is 1. The Bertz CT molecular complexity index is 922. The summed E-state index contributed by atoms with van der Waals surface area (Å²) in [5.74, 6) is -0.134. The quantitative estimate of drug-likeness (QED) is 0.779. The fourth-order valence-corrected chi connectivity index (χ4v) is 3.60. The minimum atomic E-state index is -0.297. The van der Waals surface area contributed by atoms with Gasteiger partial charge in [-0.1, -0.05) is 0 Å². The van der Waals surface area contributed by atoms with E-state index in [1.165, 1.54) is 12.1 Å². The van der Waals surface area contributed by atoms with Crippen LogP contribution in [0.4, 0.5) is 4.39 Å². The van der Waals surface area contributed by atoms with Gasteiger partial charge in [-0.2, -0.15) is 0 Å². The van der Waals surface area contributed by atoms with Gasteiger partial charge >= 0.3 is 0 Å². The highest BCUT2D eigenvalue weighted by Crippen LogP contribution is 2.28. The molecule has 3 heterocycles. The van der Waals surface area contributed by atoms with Crippen LogP contribution in [0.5, 0.6) is 0 Å². The number of carbonyl (C=O) groups is 1. The number of H-pyrrole nitrogens is 1. The maximum atomic E-state index is 13.5. The van der Waals surface area contributed by atoms with E-state index in [9.17, 15) is 9.18 Å². The van der Waals surface area contributed by atoms with Gasteiger partial charge in [-0.05, 0) is 43.5 Å². The predicted octanol–water partition coefficient (Wildman–Crippen LogP) is 3.43. The van der Waals surface area contributed by atoms with E-state index in [2.05, 4.69) is 15.0 Å². The van der Waals surface area contributed by atoms with Gasteiger partial charge in [-0.3, -0.25) is 14.8 Å². The average Bonchev–Trinajstić information content (AvgIpc) is 2.98. The molecule has 128 valence electrons. The fourth-order valence-electron chi connectivity index (χ4n) is 3.60. The van der Waals surface area contributed by atoms with Gasteiger partial charge in [0.05, 0.1) is 5.69 Å². The first kappa shape index (κ1) is 15.7. The molecule has 1 aromatic carbocycles. The maximum Gasteiger partial charge on any atom is 0.270 e. The van der Waals surface area contributed by atoms with Crippen molar-refractivity contribution < 1.29 is 9.18 Å². The molecule has 0 unspecified atom stereocenters. The molecule has 1 atom stereocenters. The number of amides is 1. The van der Waals surface area contributed by atoms with Gasteiger partial charge in [0.1, 0.15) is 11.5 Å². The van der Waals surface area contributed by atoms with Gasteiger partial charge < -0.3 is 9.88 Å². The van der Waals surface area contributed by atoms with E-state index in [4.69, 9.17) is 0 Å². The van der Waals surface area contributed by atoms with Crippen LogP contribution < -0.4 is 0 Å². The molecular formula is C19H19FN4O. The van der Waals surface area contributed by atoms with Crippen LogP contribution >= 0.6 is 0 Å². The summed E-state index contributed by atoms with van der Waals surface area (Å²) in [6, 6.07) is 4.54. The molecule has 6 heteroatoms. The van der Waals surface area contributed by atoms with Crippen molar-refractivity contribution in [3.8, 4) is 0 Å². The largest absolute Gasteiger partial charge is 0.350 e. The summed E-state index contributed by atoms with van der Waals surface area (Å²) in [5.41, 5.74) is 3.04. The normalized spacial score (nSPS) is 17.8. The average molecular weight is 338 g/mol. The Hall–Kier alpha value is -2.76. The lowest BCUT2D eigenvalue weighted by Gasteiger charge is -2.32. The summed E-state index contributed by atoms with van der Waals surface area (Å²) in [6.07, 6.45) is 7.05. The smallest absolute Gasteiger partial charge is 0.270 e. The van der Waals surface area contributed by atoms with Crippen molar-refractivity contribution >= 4 is 16.8 Å². The number of piperidine rings is 1. The third-order valence-electron chi connectivity index (χ3n) is 4.94. The molecule has 1 saturated heterocycles. The third-order valence-corrected chi connectivity index (χ3v) is 4.94. The number of halogens is 1. The number of nitrogens with zero attached hydrogens (tertiary/aromatic N) is 3. The van der Waals surface area contributed by atoms with Crippen LogP contribution in [0.2, 0.25) is 0 Å². The molecule has 1 fully saturated rings. The van der Waals surface area contributed by atoms with Crippen LogP contribution in [0.15, 0.2) is 36.8 Å². The molecule has 3 aromatic rings. The maximum absolute atomic E-state index is 13.5. The molecule has 1 aliphatic rings. The number of nitrogens with one attached hydrogen (secondary N) is 1. The number of rotatable bonds is 2. The van der Waals surface area contributed by atoms with Gasteiger partial charge in [0.15, 0.2) is 0 Å². The van der Waals surface area contributed by atoms with Gasteiger partial charge in [-0.15, -0.1) is 0 Å². The molecule has 0 aliphatic carbocycles. The molecule has 1 amide bonds. The Kier molecular flexibility index (Phi) is 3.95. The Morgan fingerprint density at radius 2 is 2.24 bits per heavy atom. The van der Waals surface area contributed by atoms with Gasteiger partial charge in [0.25, 0.3) is 5.91 Å². The monoisotopic (exact) mass is 338 g/mol. The van der Waals surface area contributed by atoms with E-state index in [1.54, 1.807) is 24.7 Å². The number of aromatic nitrogens is 3. The molecule has 1 N–H and O–H groups in total. The summed E-state index contributed by atoms with van der Waals surface area (Å²) in [4.78, 5) is 26.5. The number of benzene rings is 1. The van der Waals surface area contributed by atoms with Gasteiger partial charge in [-0.25, -0.2) is 4.39 Å². The van der Waals surface area contributed by atoms with E-state index in [1.807, 2.05) is 11.8 Å². The van der Waals surface area contributed by atoms with Gasteiger partial charge in [0, 0.05) is 48.5 Å². The van der Waals surface area contributed by atoms with Crippen LogP contribution in [0, 0.1) is 12.7 Å². The summed E-state index contributed by atoms with van der Waals surface area (Å²) in [7, 11) is 0. The standard InChI is InChI=1S/C19H19FN4O/c1-12-15-9-14(20)4-5-16(15)23-18(12)19(25)24-8-2-3-13(11-24)17-10-21-6-7-22-17/h4-7,9-10,13,23H,2-3,8,11H2,1H3/t13-/m0/s1. The zero-order valence-corrected chi connectivity index (χ0v) is 14.0. The summed E-state index contributed by atoms with van der Waals surface area (Å²) in [6.45, 7) is 3.20. The van der Waals surface area contributed by atoms with Crippen LogP contribution in [-0.2, 0) is 0 Å². The number of carbonyl (C=O) groups excluding carboxylic acids is 1. The third kappa shape index (κ3) is 2.88. The fraction of sp³-hybridized carbons (Fsp3) is 0.316. The highest BCUT2D eigenvalue weighted by atomic mass is 19.1. The predicted molar refractivity (Wildman–Crippen MR) is 92.9 cm³/mol. The van der Waals surface area contributed by atoms with Crippen LogP contribution in [0.3, 0.4) is 0 Å². The van der Waals surface area contributed by atoms with Crippen molar-refractivity contribution in [2.45, 2.75) is 25.7 Å². The lowest BCUT2D eigenvalue weighted by atomic mass is 9.94. The highest BCUT2D eigenvalue weighted by molar-refractivity contribution is 6.01. The first-order chi connectivity index (χ1) is 12.1. The molecule has 25 heavy (non-hydrogen) atoms. The number of likely N-dealkylation sites (tertiary alicyclic amines) is 1. The summed E-state index contributed by atoms with van der Waals surface area (Å²) in [5, 5.41) is 0.755. The van der Waals surface area contributed by atoms with E-state index in [0.29, 0.717) is 12.2 Å². The second-order valence-electron chi connectivity index (χ2n) is 6.54. The van der Waals surface area contributed by atoms with E-state index < -0.39 is 0 Å². The van der Waals surface area contributed by atoms with Crippen LogP contribution in [0.25, 0.3) is 10.9 Å². The molecule has 5 nitrogen and oxygen atoms in total. The van der Waals surface area contributed by atoms with Crippen molar-refractivity contribution in [3.63, 3.8) is 0 Å². The second kappa shape index (κ2) is 6.27. The molecule has 0 radical (unpaired) electrons. The Morgan fingerprint density at radius 1 is 1.36 bits per heavy atom. The van der Waals surface area contributed by atoms with Crippen molar-refractivity contribution in [1.29, 1.82) is 0 Å². The van der Waals surface area contributed by atoms with E-state index in [0.717, 1.165) is 41.5 Å². The van der Waals surface area contributed by atoms with E-state index >= 15 is 0 Å². The number of hydrogen-bond acceptors (Lipinski definition) is 3. The molecule has 0 bridgehead atoms. The molecular weight excluding hydrogens is 319 g/mol. The molecule has 0 saturated carbocycles. The first-order valence-electron chi connectivity index (χ1n) is 8.46. The van der Waals surface area contributed by atoms with E-state index in [-0.39, 0.29) is 17.6 Å². The van der Waals surface area contributed by atoms with Crippen LogP contribution in [0.1, 0.15) is 40.5 Å². The zero-order chi connectivity index (χ0) is 17.4. The summed E-state index contributed by atoms with van der Waals surface area (Å²) >= 11 is 0. The Balaban J connectivity index is 1.61. The van der Waals surface area contributed by atoms with Crippen molar-refractivity contribution in [3.05, 3.63) is 59.6 Å². The lowest BCUT2D eigenvalue weighted by Crippen LogP contribution is -2.39. The zero-order valence-electron chi connectivity index (χ0n) is 14.0. The van der Waals surface area contributed by atoms with Crippen LogP contribution in [-0.4, -0.2) is 38.8 Å². The van der Waals surface area contributed by atoms with Crippen molar-refractivity contribution in [2.75, 3.05) is 13.1 Å². The van der Waals surface area contributed by atoms with Crippen molar-refractivity contribution in [1.82, 2.24) is 19.9 Å². The Morgan fingerprint density at radius 3 is 3.04 bits per heavy atom.